The Bertz CT molecular complexity index is 356. The van der Waals surface area contributed by atoms with Gasteiger partial charge in [0.1, 0.15) is 5.82 Å². The number of rotatable bonds is 9. The molecule has 0 heterocycles. The molecule has 0 bridgehead atoms. The van der Waals surface area contributed by atoms with Crippen LogP contribution in [0.1, 0.15) is 39.2 Å². The molecule has 108 valence electrons. The van der Waals surface area contributed by atoms with Crippen LogP contribution in [0.2, 0.25) is 0 Å². The molecule has 1 aromatic carbocycles. The summed E-state index contributed by atoms with van der Waals surface area (Å²) in [7, 11) is 0. The maximum atomic E-state index is 13.7. The van der Waals surface area contributed by atoms with E-state index in [-0.39, 0.29) is 5.82 Å². The topological polar surface area (TPSA) is 12.0 Å². The lowest BCUT2D eigenvalue weighted by Gasteiger charge is -2.20. The second-order valence-electron chi connectivity index (χ2n) is 5.00. The van der Waals surface area contributed by atoms with Gasteiger partial charge in [-0.3, -0.25) is 0 Å². The Labute approximate surface area is 121 Å². The van der Waals surface area contributed by atoms with Crippen molar-refractivity contribution < 1.29 is 4.39 Å². The Balaban J connectivity index is 2.55. The van der Waals surface area contributed by atoms with Crippen LogP contribution < -0.4 is 5.32 Å². The van der Waals surface area contributed by atoms with Gasteiger partial charge in [0, 0.05) is 17.0 Å². The summed E-state index contributed by atoms with van der Waals surface area (Å²) in [6.07, 6.45) is 3.07. The molecule has 2 unspecified atom stereocenters. The minimum Gasteiger partial charge on any atom is -0.313 e. The normalized spacial score (nSPS) is 14.3. The summed E-state index contributed by atoms with van der Waals surface area (Å²) in [5.74, 6) is 0.961. The van der Waals surface area contributed by atoms with Crippen molar-refractivity contribution in [1.82, 2.24) is 5.32 Å². The van der Waals surface area contributed by atoms with E-state index in [0.29, 0.717) is 11.3 Å². The number of nitrogens with one attached hydrogen (secondary N) is 1. The Morgan fingerprint density at radius 3 is 2.63 bits per heavy atom. The van der Waals surface area contributed by atoms with Gasteiger partial charge in [0.05, 0.1) is 0 Å². The Hall–Kier alpha value is -0.540. The van der Waals surface area contributed by atoms with Gasteiger partial charge in [0.15, 0.2) is 0 Å². The molecule has 19 heavy (non-hydrogen) atoms. The zero-order chi connectivity index (χ0) is 14.1. The average molecular weight is 283 g/mol. The minimum atomic E-state index is -0.0839. The fourth-order valence-corrected chi connectivity index (χ4v) is 2.90. The number of hydrogen-bond donors (Lipinski definition) is 1. The highest BCUT2D eigenvalue weighted by atomic mass is 32.2. The van der Waals surface area contributed by atoms with Crippen molar-refractivity contribution >= 4 is 11.8 Å². The third-order valence-corrected chi connectivity index (χ3v) is 4.76. The van der Waals surface area contributed by atoms with E-state index in [0.717, 1.165) is 30.7 Å². The minimum absolute atomic E-state index is 0.0839. The Morgan fingerprint density at radius 1 is 1.26 bits per heavy atom. The fraction of sp³-hybridized carbons (Fsp3) is 0.625. The predicted molar refractivity (Wildman–Crippen MR) is 84.4 cm³/mol. The zero-order valence-electron chi connectivity index (χ0n) is 12.3. The van der Waals surface area contributed by atoms with Crippen molar-refractivity contribution in [1.29, 1.82) is 0 Å². The van der Waals surface area contributed by atoms with E-state index in [1.807, 2.05) is 23.9 Å². The van der Waals surface area contributed by atoms with Gasteiger partial charge in [-0.25, -0.2) is 4.39 Å². The summed E-state index contributed by atoms with van der Waals surface area (Å²) >= 11 is 1.98. The fourth-order valence-electron chi connectivity index (χ4n) is 1.87. The quantitative estimate of drug-likeness (QED) is 0.726. The monoisotopic (exact) mass is 283 g/mol. The van der Waals surface area contributed by atoms with Crippen LogP contribution in [0, 0.1) is 5.82 Å². The molecule has 1 rings (SSSR count). The molecule has 0 amide bonds. The van der Waals surface area contributed by atoms with Gasteiger partial charge in [-0.05, 0) is 37.4 Å². The molecule has 0 fully saturated rings. The molecule has 1 N–H and O–H groups in total. The molecule has 0 aliphatic carbocycles. The maximum absolute atomic E-state index is 13.7. The van der Waals surface area contributed by atoms with Gasteiger partial charge in [-0.1, -0.05) is 39.0 Å². The number of benzene rings is 1. The Morgan fingerprint density at radius 2 is 2.00 bits per heavy atom. The molecule has 0 aliphatic heterocycles. The van der Waals surface area contributed by atoms with Crippen LogP contribution in [0.4, 0.5) is 4.39 Å². The molecule has 3 heteroatoms. The van der Waals surface area contributed by atoms with Crippen molar-refractivity contribution in [2.24, 2.45) is 0 Å². The largest absolute Gasteiger partial charge is 0.313 e. The maximum Gasteiger partial charge on any atom is 0.126 e. The van der Waals surface area contributed by atoms with Gasteiger partial charge >= 0.3 is 0 Å². The van der Waals surface area contributed by atoms with Gasteiger partial charge in [-0.2, -0.15) is 11.8 Å². The summed E-state index contributed by atoms with van der Waals surface area (Å²) in [5.41, 5.74) is 0.820. The van der Waals surface area contributed by atoms with E-state index in [9.17, 15) is 4.39 Å². The van der Waals surface area contributed by atoms with Crippen molar-refractivity contribution in [3.05, 3.63) is 35.6 Å². The van der Waals surface area contributed by atoms with Gasteiger partial charge in [0.2, 0.25) is 0 Å². The van der Waals surface area contributed by atoms with Crippen LogP contribution in [0.15, 0.2) is 24.3 Å². The number of thioether (sulfide) groups is 1. The van der Waals surface area contributed by atoms with Crippen molar-refractivity contribution in [2.45, 2.75) is 51.3 Å². The second-order valence-corrected chi connectivity index (χ2v) is 6.47. The predicted octanol–water partition coefficient (Wildman–Crippen LogP) is 4.27. The first kappa shape index (κ1) is 16.5. The van der Waals surface area contributed by atoms with Gasteiger partial charge in [0.25, 0.3) is 0 Å². The van der Waals surface area contributed by atoms with Crippen LogP contribution >= 0.6 is 11.8 Å². The number of halogens is 1. The molecule has 0 saturated carbocycles. The third-order valence-electron chi connectivity index (χ3n) is 3.26. The molecule has 1 nitrogen and oxygen atoms in total. The Kier molecular flexibility index (Phi) is 8.15. The first-order chi connectivity index (χ1) is 9.17. The molecular formula is C16H26FNS. The highest BCUT2D eigenvalue weighted by Gasteiger charge is 2.13. The summed E-state index contributed by atoms with van der Waals surface area (Å²) in [5, 5.41) is 4.21. The third kappa shape index (κ3) is 6.44. The number of hydrogen-bond acceptors (Lipinski definition) is 2. The standard InChI is InChI=1S/C16H26FNS/c1-4-10-18-15(12-19-13(3)5-2)11-14-8-6-7-9-16(14)17/h6-9,13,15,18H,4-5,10-12H2,1-3H3. The first-order valence-corrected chi connectivity index (χ1v) is 8.30. The first-order valence-electron chi connectivity index (χ1n) is 7.25. The lowest BCUT2D eigenvalue weighted by atomic mass is 10.1. The van der Waals surface area contributed by atoms with Crippen LogP contribution in [0.25, 0.3) is 0 Å². The van der Waals surface area contributed by atoms with Crippen LogP contribution in [0.5, 0.6) is 0 Å². The highest BCUT2D eigenvalue weighted by molar-refractivity contribution is 7.99. The summed E-state index contributed by atoms with van der Waals surface area (Å²) in [6, 6.07) is 7.46. The highest BCUT2D eigenvalue weighted by Crippen LogP contribution is 2.17. The van der Waals surface area contributed by atoms with E-state index in [4.69, 9.17) is 0 Å². The molecule has 1 aromatic rings. The van der Waals surface area contributed by atoms with Crippen molar-refractivity contribution in [3.63, 3.8) is 0 Å². The average Bonchev–Trinajstić information content (AvgIpc) is 2.43. The summed E-state index contributed by atoms with van der Waals surface area (Å²) < 4.78 is 13.7. The van der Waals surface area contributed by atoms with Gasteiger partial charge in [-0.15, -0.1) is 0 Å². The second kappa shape index (κ2) is 9.38. The van der Waals surface area contributed by atoms with Crippen LogP contribution in [-0.4, -0.2) is 23.6 Å². The van der Waals surface area contributed by atoms with E-state index in [1.54, 1.807) is 12.1 Å². The van der Waals surface area contributed by atoms with Gasteiger partial charge < -0.3 is 5.32 Å². The molecular weight excluding hydrogens is 257 g/mol. The van der Waals surface area contributed by atoms with Crippen LogP contribution in [0.3, 0.4) is 0 Å². The summed E-state index contributed by atoms with van der Waals surface area (Å²) in [4.78, 5) is 0. The summed E-state index contributed by atoms with van der Waals surface area (Å²) in [6.45, 7) is 7.63. The van der Waals surface area contributed by atoms with Crippen molar-refractivity contribution in [3.8, 4) is 0 Å². The smallest absolute Gasteiger partial charge is 0.126 e. The van der Waals surface area contributed by atoms with E-state index < -0.39 is 0 Å². The zero-order valence-corrected chi connectivity index (χ0v) is 13.1. The molecule has 0 radical (unpaired) electrons. The SMILES string of the molecule is CCCNC(CSC(C)CC)Cc1ccccc1F. The lowest BCUT2D eigenvalue weighted by Crippen LogP contribution is -2.34. The molecule has 0 saturated heterocycles. The molecule has 0 aromatic heterocycles. The van der Waals surface area contributed by atoms with E-state index in [2.05, 4.69) is 26.1 Å². The van der Waals surface area contributed by atoms with Crippen LogP contribution in [-0.2, 0) is 6.42 Å². The molecule has 0 spiro atoms. The molecule has 2 atom stereocenters. The van der Waals surface area contributed by atoms with E-state index in [1.165, 1.54) is 6.42 Å². The van der Waals surface area contributed by atoms with E-state index >= 15 is 0 Å². The molecule has 0 aliphatic rings. The lowest BCUT2D eigenvalue weighted by molar-refractivity contribution is 0.530. The van der Waals surface area contributed by atoms with Crippen molar-refractivity contribution in [2.75, 3.05) is 12.3 Å².